The van der Waals surface area contributed by atoms with Gasteiger partial charge in [-0.2, -0.15) is 0 Å². The quantitative estimate of drug-likeness (QED) is 0.894. The summed E-state index contributed by atoms with van der Waals surface area (Å²) >= 11 is 3.25. The van der Waals surface area contributed by atoms with Crippen molar-refractivity contribution in [3.05, 3.63) is 32.5 Å². The van der Waals surface area contributed by atoms with Crippen molar-refractivity contribution < 1.29 is 0 Å². The summed E-state index contributed by atoms with van der Waals surface area (Å²) in [4.78, 5) is 2.56. The molecule has 0 saturated carbocycles. The van der Waals surface area contributed by atoms with E-state index in [1.807, 2.05) is 14.0 Å². The van der Waals surface area contributed by atoms with Crippen molar-refractivity contribution in [2.24, 2.45) is 0 Å². The van der Waals surface area contributed by atoms with Crippen molar-refractivity contribution in [2.75, 3.05) is 7.05 Å². The molecule has 0 aliphatic rings. The normalized spacial score (nSPS) is 13.0. The molecule has 5 heteroatoms. The third-order valence-corrected chi connectivity index (χ3v) is 4.20. The first-order valence-electron chi connectivity index (χ1n) is 4.74. The van der Waals surface area contributed by atoms with Gasteiger partial charge in [-0.3, -0.25) is 0 Å². The molecule has 0 aliphatic heterocycles. The molecule has 0 aromatic carbocycles. The number of nitrogens with zero attached hydrogens (tertiary/aromatic N) is 2. The molecular formula is C10H13N3S2. The lowest BCUT2D eigenvalue weighted by Gasteiger charge is -2.14. The average molecular weight is 239 g/mol. The summed E-state index contributed by atoms with van der Waals surface area (Å²) in [5.74, 6) is 0. The van der Waals surface area contributed by atoms with Gasteiger partial charge in [0.1, 0.15) is 0 Å². The van der Waals surface area contributed by atoms with E-state index in [1.165, 1.54) is 26.9 Å². The van der Waals surface area contributed by atoms with E-state index in [0.717, 1.165) is 5.69 Å². The van der Waals surface area contributed by atoms with Crippen LogP contribution in [0.1, 0.15) is 27.1 Å². The second kappa shape index (κ2) is 4.38. The number of aromatic nitrogens is 2. The zero-order valence-electron chi connectivity index (χ0n) is 8.94. The second-order valence-electron chi connectivity index (χ2n) is 3.38. The van der Waals surface area contributed by atoms with Gasteiger partial charge in [-0.1, -0.05) is 4.49 Å². The van der Waals surface area contributed by atoms with Gasteiger partial charge in [-0.15, -0.1) is 16.4 Å². The summed E-state index contributed by atoms with van der Waals surface area (Å²) in [5, 5.41) is 9.51. The molecule has 2 heterocycles. The fourth-order valence-electron chi connectivity index (χ4n) is 1.62. The zero-order valence-corrected chi connectivity index (χ0v) is 10.6. The highest BCUT2D eigenvalue weighted by molar-refractivity contribution is 7.10. The van der Waals surface area contributed by atoms with Crippen LogP contribution in [0.4, 0.5) is 0 Å². The van der Waals surface area contributed by atoms with Crippen molar-refractivity contribution in [3.63, 3.8) is 0 Å². The predicted octanol–water partition coefficient (Wildman–Crippen LogP) is 2.53. The lowest BCUT2D eigenvalue weighted by molar-refractivity contribution is 0.696. The fourth-order valence-corrected chi connectivity index (χ4v) is 3.14. The van der Waals surface area contributed by atoms with Crippen LogP contribution in [0.3, 0.4) is 0 Å². The largest absolute Gasteiger partial charge is 0.309 e. The number of hydrogen-bond acceptors (Lipinski definition) is 5. The molecule has 0 fully saturated rings. The summed E-state index contributed by atoms with van der Waals surface area (Å²) < 4.78 is 3.99. The van der Waals surface area contributed by atoms with Crippen LogP contribution in [0.15, 0.2) is 11.4 Å². The molecule has 1 unspecified atom stereocenters. The van der Waals surface area contributed by atoms with Gasteiger partial charge in [-0.05, 0) is 49.4 Å². The Bertz CT molecular complexity index is 407. The van der Waals surface area contributed by atoms with Gasteiger partial charge >= 0.3 is 0 Å². The SMILES string of the molecule is CNC(c1ccsc1C)c1snnc1C. The van der Waals surface area contributed by atoms with Crippen molar-refractivity contribution in [1.29, 1.82) is 0 Å². The minimum absolute atomic E-state index is 0.233. The monoisotopic (exact) mass is 239 g/mol. The number of rotatable bonds is 3. The molecule has 2 rings (SSSR count). The summed E-state index contributed by atoms with van der Waals surface area (Å²) in [6, 6.07) is 2.40. The standard InChI is InChI=1S/C10H13N3S2/c1-6-10(15-13-12-6)9(11-3)8-4-5-14-7(8)2/h4-5,9,11H,1-3H3. The minimum atomic E-state index is 0.233. The van der Waals surface area contributed by atoms with E-state index in [4.69, 9.17) is 0 Å². The van der Waals surface area contributed by atoms with Crippen LogP contribution < -0.4 is 5.32 Å². The molecule has 0 amide bonds. The fraction of sp³-hybridized carbons (Fsp3) is 0.400. The van der Waals surface area contributed by atoms with E-state index < -0.39 is 0 Å². The van der Waals surface area contributed by atoms with E-state index in [9.17, 15) is 0 Å². The van der Waals surface area contributed by atoms with Crippen molar-refractivity contribution >= 4 is 22.9 Å². The molecule has 0 spiro atoms. The molecule has 0 radical (unpaired) electrons. The number of aryl methyl sites for hydroxylation is 2. The Morgan fingerprint density at radius 2 is 2.20 bits per heavy atom. The van der Waals surface area contributed by atoms with Crippen LogP contribution in [-0.4, -0.2) is 16.6 Å². The predicted molar refractivity (Wildman–Crippen MR) is 64.6 cm³/mol. The van der Waals surface area contributed by atoms with Gasteiger partial charge in [-0.25, -0.2) is 0 Å². The van der Waals surface area contributed by atoms with Crippen LogP contribution in [-0.2, 0) is 0 Å². The molecule has 2 aromatic rings. The Hall–Kier alpha value is -0.780. The highest BCUT2D eigenvalue weighted by Gasteiger charge is 2.19. The number of thiophene rings is 1. The van der Waals surface area contributed by atoms with Crippen molar-refractivity contribution in [1.82, 2.24) is 14.9 Å². The first kappa shape index (κ1) is 10.7. The Balaban J connectivity index is 2.41. The smallest absolute Gasteiger partial charge is 0.0776 e. The van der Waals surface area contributed by atoms with Crippen LogP contribution in [0.5, 0.6) is 0 Å². The molecule has 2 aromatic heterocycles. The Morgan fingerprint density at radius 3 is 2.67 bits per heavy atom. The molecule has 0 bridgehead atoms. The highest BCUT2D eigenvalue weighted by atomic mass is 32.1. The summed E-state index contributed by atoms with van der Waals surface area (Å²) in [6.45, 7) is 4.15. The van der Waals surface area contributed by atoms with Crippen molar-refractivity contribution in [3.8, 4) is 0 Å². The second-order valence-corrected chi connectivity index (χ2v) is 5.28. The first-order valence-corrected chi connectivity index (χ1v) is 6.39. The molecule has 1 N–H and O–H groups in total. The maximum Gasteiger partial charge on any atom is 0.0776 e. The molecule has 3 nitrogen and oxygen atoms in total. The van der Waals surface area contributed by atoms with Gasteiger partial charge in [0.25, 0.3) is 0 Å². The van der Waals surface area contributed by atoms with E-state index in [-0.39, 0.29) is 6.04 Å². The summed E-state index contributed by atoms with van der Waals surface area (Å²) in [5.41, 5.74) is 2.35. The molecular weight excluding hydrogens is 226 g/mol. The summed E-state index contributed by atoms with van der Waals surface area (Å²) in [6.07, 6.45) is 0. The summed E-state index contributed by atoms with van der Waals surface area (Å²) in [7, 11) is 1.97. The van der Waals surface area contributed by atoms with Crippen molar-refractivity contribution in [2.45, 2.75) is 19.9 Å². The maximum atomic E-state index is 4.06. The number of hydrogen-bond donors (Lipinski definition) is 1. The van der Waals surface area contributed by atoms with Gasteiger partial charge < -0.3 is 5.32 Å². The molecule has 1 atom stereocenters. The minimum Gasteiger partial charge on any atom is -0.309 e. The lowest BCUT2D eigenvalue weighted by Crippen LogP contribution is -2.17. The Kier molecular flexibility index (Phi) is 3.14. The molecule has 0 saturated heterocycles. The third kappa shape index (κ3) is 1.95. The van der Waals surface area contributed by atoms with E-state index >= 15 is 0 Å². The van der Waals surface area contributed by atoms with Gasteiger partial charge in [0.15, 0.2) is 0 Å². The molecule has 0 aliphatic carbocycles. The van der Waals surface area contributed by atoms with E-state index in [1.54, 1.807) is 11.3 Å². The van der Waals surface area contributed by atoms with Crippen LogP contribution in [0.2, 0.25) is 0 Å². The Morgan fingerprint density at radius 1 is 1.40 bits per heavy atom. The molecule has 80 valence electrons. The average Bonchev–Trinajstić information content (AvgIpc) is 2.80. The maximum absolute atomic E-state index is 4.06. The molecule has 15 heavy (non-hydrogen) atoms. The van der Waals surface area contributed by atoms with Gasteiger partial charge in [0.05, 0.1) is 16.6 Å². The number of nitrogens with one attached hydrogen (secondary N) is 1. The highest BCUT2D eigenvalue weighted by Crippen LogP contribution is 2.30. The van der Waals surface area contributed by atoms with Crippen LogP contribution >= 0.6 is 22.9 Å². The van der Waals surface area contributed by atoms with E-state index in [2.05, 4.69) is 33.3 Å². The topological polar surface area (TPSA) is 37.8 Å². The van der Waals surface area contributed by atoms with Gasteiger partial charge in [0.2, 0.25) is 0 Å². The van der Waals surface area contributed by atoms with Crippen LogP contribution in [0.25, 0.3) is 0 Å². The zero-order chi connectivity index (χ0) is 10.8. The van der Waals surface area contributed by atoms with Gasteiger partial charge in [0, 0.05) is 4.88 Å². The lowest BCUT2D eigenvalue weighted by atomic mass is 10.1. The first-order chi connectivity index (χ1) is 7.24. The third-order valence-electron chi connectivity index (χ3n) is 2.45. The van der Waals surface area contributed by atoms with E-state index in [0.29, 0.717) is 0 Å². The Labute approximate surface area is 97.3 Å². The van der Waals surface area contributed by atoms with Crippen LogP contribution in [0, 0.1) is 13.8 Å².